The number of nitrogens with one attached hydrogen (secondary N) is 2. The van der Waals surface area contributed by atoms with Gasteiger partial charge in [0.05, 0.1) is 11.3 Å². The van der Waals surface area contributed by atoms with Crippen LogP contribution in [0.3, 0.4) is 0 Å². The summed E-state index contributed by atoms with van der Waals surface area (Å²) < 4.78 is 5.79. The maximum Gasteiger partial charge on any atom is 0.265 e. The van der Waals surface area contributed by atoms with Crippen LogP contribution in [-0.2, 0) is 11.2 Å². The van der Waals surface area contributed by atoms with E-state index in [-0.39, 0.29) is 11.8 Å². The number of amides is 2. The minimum Gasteiger partial charge on any atom is -0.481 e. The molecule has 31 heavy (non-hydrogen) atoms. The Hall–Kier alpha value is -3.60. The van der Waals surface area contributed by atoms with Gasteiger partial charge in [0.25, 0.3) is 11.8 Å². The van der Waals surface area contributed by atoms with Gasteiger partial charge in [0.2, 0.25) is 0 Å². The van der Waals surface area contributed by atoms with Crippen molar-refractivity contribution in [1.82, 2.24) is 5.32 Å². The third-order valence-corrected chi connectivity index (χ3v) is 5.13. The molecule has 0 bridgehead atoms. The topological polar surface area (TPSA) is 67.4 Å². The maximum absolute atomic E-state index is 12.7. The molecular weight excluding hydrogens is 388 g/mol. The van der Waals surface area contributed by atoms with Crippen LogP contribution in [0.15, 0.2) is 72.8 Å². The summed E-state index contributed by atoms with van der Waals surface area (Å²) in [5.41, 5.74) is 4.29. The standard InChI is InChI=1S/C26H28N2O3/c1-18-13-14-22(17-19(18)2)31-20(3)25(29)28-24-12-8-7-11-23(24)26(30)27-16-15-21-9-5-4-6-10-21/h4-14,17,20H,15-16H2,1-3H3,(H,27,30)(H,28,29)/t20-/m1/s1. The van der Waals surface area contributed by atoms with Crippen molar-refractivity contribution in [3.8, 4) is 5.75 Å². The van der Waals surface area contributed by atoms with Crippen molar-refractivity contribution in [3.05, 3.63) is 95.1 Å². The van der Waals surface area contributed by atoms with Gasteiger partial charge in [-0.3, -0.25) is 9.59 Å². The SMILES string of the molecule is Cc1ccc(O[C@H](C)C(=O)Nc2ccccc2C(=O)NCCc2ccccc2)cc1C. The fraction of sp³-hybridized carbons (Fsp3) is 0.231. The minimum absolute atomic E-state index is 0.227. The fourth-order valence-corrected chi connectivity index (χ4v) is 3.13. The number of aryl methyl sites for hydroxylation is 2. The normalized spacial score (nSPS) is 11.5. The molecule has 160 valence electrons. The van der Waals surface area contributed by atoms with Gasteiger partial charge in [-0.2, -0.15) is 0 Å². The number of carbonyl (C=O) groups is 2. The average molecular weight is 417 g/mol. The van der Waals surface area contributed by atoms with E-state index in [1.165, 1.54) is 0 Å². The molecule has 0 saturated heterocycles. The zero-order valence-electron chi connectivity index (χ0n) is 18.1. The van der Waals surface area contributed by atoms with Crippen molar-refractivity contribution < 1.29 is 14.3 Å². The van der Waals surface area contributed by atoms with Crippen molar-refractivity contribution in [2.24, 2.45) is 0 Å². The third-order valence-electron chi connectivity index (χ3n) is 5.13. The van der Waals surface area contributed by atoms with Crippen LogP contribution in [0.5, 0.6) is 5.75 Å². The van der Waals surface area contributed by atoms with E-state index < -0.39 is 6.10 Å². The van der Waals surface area contributed by atoms with Gasteiger partial charge in [-0.1, -0.05) is 48.5 Å². The van der Waals surface area contributed by atoms with E-state index >= 15 is 0 Å². The maximum atomic E-state index is 12.7. The quantitative estimate of drug-likeness (QED) is 0.560. The first-order valence-electron chi connectivity index (χ1n) is 10.4. The van der Waals surface area contributed by atoms with Gasteiger partial charge in [-0.15, -0.1) is 0 Å². The monoisotopic (exact) mass is 416 g/mol. The molecule has 2 N–H and O–H groups in total. The molecule has 1 atom stereocenters. The van der Waals surface area contributed by atoms with E-state index in [0.29, 0.717) is 23.5 Å². The molecule has 3 aromatic rings. The Kier molecular flexibility index (Phi) is 7.44. The largest absolute Gasteiger partial charge is 0.481 e. The average Bonchev–Trinajstić information content (AvgIpc) is 2.77. The highest BCUT2D eigenvalue weighted by Gasteiger charge is 2.18. The van der Waals surface area contributed by atoms with Crippen LogP contribution in [-0.4, -0.2) is 24.5 Å². The zero-order chi connectivity index (χ0) is 22.2. The Bertz CT molecular complexity index is 1050. The summed E-state index contributed by atoms with van der Waals surface area (Å²) in [7, 11) is 0. The van der Waals surface area contributed by atoms with E-state index in [1.807, 2.05) is 62.4 Å². The Labute approximate surface area is 183 Å². The highest BCUT2D eigenvalue weighted by molar-refractivity contribution is 6.04. The van der Waals surface area contributed by atoms with Crippen LogP contribution in [0, 0.1) is 13.8 Å². The summed E-state index contributed by atoms with van der Waals surface area (Å²) >= 11 is 0. The second kappa shape index (κ2) is 10.4. The highest BCUT2D eigenvalue weighted by Crippen LogP contribution is 2.19. The number of hydrogen-bond acceptors (Lipinski definition) is 3. The molecule has 3 rings (SSSR count). The third kappa shape index (κ3) is 6.19. The number of para-hydroxylation sites is 1. The van der Waals surface area contributed by atoms with Crippen LogP contribution in [0.4, 0.5) is 5.69 Å². The van der Waals surface area contributed by atoms with Gasteiger partial charge in [-0.25, -0.2) is 0 Å². The first-order chi connectivity index (χ1) is 14.9. The Morgan fingerprint density at radius 1 is 0.903 bits per heavy atom. The number of anilines is 1. The second-order valence-corrected chi connectivity index (χ2v) is 7.53. The Morgan fingerprint density at radius 3 is 2.35 bits per heavy atom. The van der Waals surface area contributed by atoms with Gasteiger partial charge in [-0.05, 0) is 68.1 Å². The number of carbonyl (C=O) groups excluding carboxylic acids is 2. The first-order valence-corrected chi connectivity index (χ1v) is 10.4. The number of benzene rings is 3. The first kappa shape index (κ1) is 22.1. The van der Waals surface area contributed by atoms with Crippen LogP contribution < -0.4 is 15.4 Å². The van der Waals surface area contributed by atoms with Crippen LogP contribution in [0.25, 0.3) is 0 Å². The molecule has 0 fully saturated rings. The van der Waals surface area contributed by atoms with E-state index in [1.54, 1.807) is 31.2 Å². The van der Waals surface area contributed by atoms with Crippen LogP contribution in [0.2, 0.25) is 0 Å². The summed E-state index contributed by atoms with van der Waals surface area (Å²) in [6.45, 7) is 6.22. The molecular formula is C26H28N2O3. The second-order valence-electron chi connectivity index (χ2n) is 7.53. The lowest BCUT2D eigenvalue weighted by Crippen LogP contribution is -2.32. The molecule has 5 nitrogen and oxygen atoms in total. The van der Waals surface area contributed by atoms with Gasteiger partial charge < -0.3 is 15.4 Å². The molecule has 0 aliphatic carbocycles. The van der Waals surface area contributed by atoms with E-state index in [0.717, 1.165) is 23.1 Å². The predicted octanol–water partition coefficient (Wildman–Crippen LogP) is 4.68. The molecule has 3 aromatic carbocycles. The van der Waals surface area contributed by atoms with Gasteiger partial charge >= 0.3 is 0 Å². The molecule has 0 heterocycles. The fourth-order valence-electron chi connectivity index (χ4n) is 3.13. The molecule has 0 aliphatic heterocycles. The number of rotatable bonds is 8. The number of ether oxygens (including phenoxy) is 1. The molecule has 0 saturated carbocycles. The molecule has 0 unspecified atom stereocenters. The van der Waals surface area contributed by atoms with Crippen molar-refractivity contribution in [2.75, 3.05) is 11.9 Å². The Balaban J connectivity index is 1.60. The van der Waals surface area contributed by atoms with Crippen LogP contribution in [0.1, 0.15) is 34.0 Å². The van der Waals surface area contributed by atoms with Gasteiger partial charge in [0.15, 0.2) is 6.10 Å². The van der Waals surface area contributed by atoms with E-state index in [4.69, 9.17) is 4.74 Å². The van der Waals surface area contributed by atoms with Crippen molar-refractivity contribution >= 4 is 17.5 Å². The molecule has 0 aromatic heterocycles. The van der Waals surface area contributed by atoms with Crippen LogP contribution >= 0.6 is 0 Å². The molecule has 2 amide bonds. The number of hydrogen-bond donors (Lipinski definition) is 2. The van der Waals surface area contributed by atoms with E-state index in [9.17, 15) is 9.59 Å². The highest BCUT2D eigenvalue weighted by atomic mass is 16.5. The van der Waals surface area contributed by atoms with E-state index in [2.05, 4.69) is 10.6 Å². The smallest absolute Gasteiger partial charge is 0.265 e. The summed E-state index contributed by atoms with van der Waals surface area (Å²) in [5, 5.41) is 5.74. The Morgan fingerprint density at radius 2 is 1.61 bits per heavy atom. The lowest BCUT2D eigenvalue weighted by Gasteiger charge is -2.17. The van der Waals surface area contributed by atoms with Crippen molar-refractivity contribution in [1.29, 1.82) is 0 Å². The summed E-state index contributed by atoms with van der Waals surface area (Å²) in [6.07, 6.45) is 0.0263. The molecule has 0 radical (unpaired) electrons. The molecule has 5 heteroatoms. The summed E-state index contributed by atoms with van der Waals surface area (Å²) in [5.74, 6) is 0.0926. The predicted molar refractivity (Wildman–Crippen MR) is 124 cm³/mol. The van der Waals surface area contributed by atoms with Gasteiger partial charge in [0, 0.05) is 6.54 Å². The summed E-state index contributed by atoms with van der Waals surface area (Å²) in [6, 6.07) is 22.7. The van der Waals surface area contributed by atoms with Crippen molar-refractivity contribution in [2.45, 2.75) is 33.3 Å². The minimum atomic E-state index is -0.712. The van der Waals surface area contributed by atoms with Crippen molar-refractivity contribution in [3.63, 3.8) is 0 Å². The lowest BCUT2D eigenvalue weighted by molar-refractivity contribution is -0.122. The van der Waals surface area contributed by atoms with Gasteiger partial charge in [0.1, 0.15) is 5.75 Å². The molecule has 0 aliphatic rings. The lowest BCUT2D eigenvalue weighted by atomic mass is 10.1. The zero-order valence-corrected chi connectivity index (χ0v) is 18.1. The molecule has 0 spiro atoms. The summed E-state index contributed by atoms with van der Waals surface area (Å²) in [4.78, 5) is 25.3.